The molecule has 2 aromatic carbocycles. The van der Waals surface area contributed by atoms with Gasteiger partial charge in [-0.05, 0) is 55.8 Å². The fourth-order valence-corrected chi connectivity index (χ4v) is 3.29. The molecule has 0 bridgehead atoms. The molecule has 2 N–H and O–H groups in total. The van der Waals surface area contributed by atoms with Gasteiger partial charge in [-0.2, -0.15) is 0 Å². The normalized spacial score (nSPS) is 15.4. The third-order valence-corrected chi connectivity index (χ3v) is 4.82. The van der Waals surface area contributed by atoms with Crippen LogP contribution in [0, 0.1) is 5.82 Å². The minimum absolute atomic E-state index is 0.0109. The second kappa shape index (κ2) is 8.21. The molecule has 0 fully saturated rings. The van der Waals surface area contributed by atoms with Crippen molar-refractivity contribution >= 4 is 29.1 Å². The van der Waals surface area contributed by atoms with E-state index in [1.165, 1.54) is 18.2 Å². The summed E-state index contributed by atoms with van der Waals surface area (Å²) in [6.07, 6.45) is -0.0109. The monoisotopic (exact) mass is 383 g/mol. The van der Waals surface area contributed by atoms with Gasteiger partial charge in [0.15, 0.2) is 0 Å². The lowest BCUT2D eigenvalue weighted by Gasteiger charge is -2.25. The van der Waals surface area contributed by atoms with Crippen molar-refractivity contribution in [2.45, 2.75) is 26.2 Å². The Morgan fingerprint density at radius 3 is 2.46 bits per heavy atom. The van der Waals surface area contributed by atoms with E-state index in [0.29, 0.717) is 35.6 Å². The van der Waals surface area contributed by atoms with Gasteiger partial charge in [0.25, 0.3) is 5.91 Å². The Morgan fingerprint density at radius 1 is 1.14 bits per heavy atom. The predicted molar refractivity (Wildman–Crippen MR) is 105 cm³/mol. The van der Waals surface area contributed by atoms with Crippen LogP contribution in [0.4, 0.5) is 15.8 Å². The van der Waals surface area contributed by atoms with Gasteiger partial charge in [-0.3, -0.25) is 14.4 Å². The average Bonchev–Trinajstić information content (AvgIpc) is 2.68. The number of hydrogen-bond acceptors (Lipinski definition) is 3. The Kier molecular flexibility index (Phi) is 5.73. The van der Waals surface area contributed by atoms with E-state index in [-0.39, 0.29) is 24.1 Å². The summed E-state index contributed by atoms with van der Waals surface area (Å²) in [4.78, 5) is 38.7. The Morgan fingerprint density at radius 2 is 1.82 bits per heavy atom. The third kappa shape index (κ3) is 4.03. The second-order valence-electron chi connectivity index (χ2n) is 6.58. The lowest BCUT2D eigenvalue weighted by Crippen LogP contribution is -2.31. The van der Waals surface area contributed by atoms with E-state index >= 15 is 0 Å². The SMILES string of the molecule is CCN(CC)C(=O)c1ccc(NC(=O)C2CC(=O)Nc3cc(F)ccc32)cc1. The Labute approximate surface area is 162 Å². The number of fused-ring (bicyclic) bond motifs is 1. The van der Waals surface area contributed by atoms with E-state index in [2.05, 4.69) is 10.6 Å². The van der Waals surface area contributed by atoms with E-state index in [0.717, 1.165) is 0 Å². The van der Waals surface area contributed by atoms with E-state index in [9.17, 15) is 18.8 Å². The summed E-state index contributed by atoms with van der Waals surface area (Å²) in [6, 6.07) is 10.6. The maximum Gasteiger partial charge on any atom is 0.253 e. The number of rotatable bonds is 5. The first-order chi connectivity index (χ1) is 13.4. The molecule has 7 heteroatoms. The van der Waals surface area contributed by atoms with Gasteiger partial charge < -0.3 is 15.5 Å². The highest BCUT2D eigenvalue weighted by Gasteiger charge is 2.31. The number of nitrogens with zero attached hydrogens (tertiary/aromatic N) is 1. The van der Waals surface area contributed by atoms with Crippen LogP contribution in [0.15, 0.2) is 42.5 Å². The average molecular weight is 383 g/mol. The van der Waals surface area contributed by atoms with Crippen LogP contribution in [0.25, 0.3) is 0 Å². The molecule has 0 spiro atoms. The van der Waals surface area contributed by atoms with Crippen LogP contribution in [-0.4, -0.2) is 35.7 Å². The molecule has 0 aromatic heterocycles. The number of anilines is 2. The van der Waals surface area contributed by atoms with Crippen molar-refractivity contribution < 1.29 is 18.8 Å². The molecule has 6 nitrogen and oxygen atoms in total. The highest BCUT2D eigenvalue weighted by molar-refractivity contribution is 6.05. The Bertz CT molecular complexity index is 908. The van der Waals surface area contributed by atoms with Crippen molar-refractivity contribution in [2.75, 3.05) is 23.7 Å². The van der Waals surface area contributed by atoms with E-state index in [4.69, 9.17) is 0 Å². The van der Waals surface area contributed by atoms with Crippen molar-refractivity contribution in [3.63, 3.8) is 0 Å². The summed E-state index contributed by atoms with van der Waals surface area (Å²) in [5.74, 6) is -1.94. The molecule has 3 rings (SSSR count). The molecular weight excluding hydrogens is 361 g/mol. The predicted octanol–water partition coefficient (Wildman–Crippen LogP) is 3.37. The summed E-state index contributed by atoms with van der Waals surface area (Å²) in [5, 5.41) is 5.36. The van der Waals surface area contributed by atoms with Crippen molar-refractivity contribution in [2.24, 2.45) is 0 Å². The molecule has 1 aliphatic rings. The lowest BCUT2D eigenvalue weighted by atomic mass is 9.89. The zero-order chi connectivity index (χ0) is 20.3. The zero-order valence-electron chi connectivity index (χ0n) is 15.8. The molecule has 1 aliphatic heterocycles. The van der Waals surface area contributed by atoms with Crippen LogP contribution < -0.4 is 10.6 Å². The fraction of sp³-hybridized carbons (Fsp3) is 0.286. The number of nitrogens with one attached hydrogen (secondary N) is 2. The molecule has 1 atom stereocenters. The Hall–Kier alpha value is -3.22. The number of carbonyl (C=O) groups is 3. The quantitative estimate of drug-likeness (QED) is 0.831. The maximum absolute atomic E-state index is 13.4. The van der Waals surface area contributed by atoms with Gasteiger partial charge in [0.2, 0.25) is 11.8 Å². The smallest absolute Gasteiger partial charge is 0.253 e. The van der Waals surface area contributed by atoms with Gasteiger partial charge in [0.1, 0.15) is 5.82 Å². The molecule has 2 aromatic rings. The van der Waals surface area contributed by atoms with Crippen molar-refractivity contribution in [3.8, 4) is 0 Å². The van der Waals surface area contributed by atoms with E-state index in [1.54, 1.807) is 29.2 Å². The van der Waals surface area contributed by atoms with Crippen LogP contribution in [-0.2, 0) is 9.59 Å². The van der Waals surface area contributed by atoms with Crippen molar-refractivity contribution in [1.82, 2.24) is 4.90 Å². The van der Waals surface area contributed by atoms with Gasteiger partial charge in [-0.25, -0.2) is 4.39 Å². The number of hydrogen-bond donors (Lipinski definition) is 2. The highest BCUT2D eigenvalue weighted by atomic mass is 19.1. The molecule has 1 unspecified atom stereocenters. The number of amides is 3. The first-order valence-corrected chi connectivity index (χ1v) is 9.22. The van der Waals surface area contributed by atoms with Crippen LogP contribution in [0.5, 0.6) is 0 Å². The zero-order valence-corrected chi connectivity index (χ0v) is 15.8. The molecule has 0 radical (unpaired) electrons. The summed E-state index contributed by atoms with van der Waals surface area (Å²) >= 11 is 0. The summed E-state index contributed by atoms with van der Waals surface area (Å²) in [7, 11) is 0. The van der Waals surface area contributed by atoms with Crippen LogP contribution in [0.1, 0.15) is 42.1 Å². The number of benzene rings is 2. The molecular formula is C21H22FN3O3. The summed E-state index contributed by atoms with van der Waals surface area (Å²) in [6.45, 7) is 5.08. The van der Waals surface area contributed by atoms with E-state index < -0.39 is 11.7 Å². The van der Waals surface area contributed by atoms with Crippen LogP contribution >= 0.6 is 0 Å². The lowest BCUT2D eigenvalue weighted by molar-refractivity contribution is -0.123. The van der Waals surface area contributed by atoms with Gasteiger partial charge in [0, 0.05) is 36.4 Å². The first kappa shape index (κ1) is 19.5. The number of halogens is 1. The maximum atomic E-state index is 13.4. The first-order valence-electron chi connectivity index (χ1n) is 9.22. The summed E-state index contributed by atoms with van der Waals surface area (Å²) < 4.78 is 13.4. The third-order valence-electron chi connectivity index (χ3n) is 4.82. The van der Waals surface area contributed by atoms with Gasteiger partial charge >= 0.3 is 0 Å². The highest BCUT2D eigenvalue weighted by Crippen LogP contribution is 2.33. The second-order valence-corrected chi connectivity index (χ2v) is 6.58. The van der Waals surface area contributed by atoms with Crippen molar-refractivity contribution in [3.05, 3.63) is 59.4 Å². The molecule has 0 saturated heterocycles. The minimum atomic E-state index is -0.707. The van der Waals surface area contributed by atoms with E-state index in [1.807, 2.05) is 13.8 Å². The van der Waals surface area contributed by atoms with Gasteiger partial charge in [0.05, 0.1) is 5.92 Å². The number of carbonyl (C=O) groups excluding carboxylic acids is 3. The fourth-order valence-electron chi connectivity index (χ4n) is 3.29. The molecule has 146 valence electrons. The molecule has 3 amide bonds. The van der Waals surface area contributed by atoms with Crippen molar-refractivity contribution in [1.29, 1.82) is 0 Å². The molecule has 0 aliphatic carbocycles. The topological polar surface area (TPSA) is 78.5 Å². The van der Waals surface area contributed by atoms with Crippen LogP contribution in [0.3, 0.4) is 0 Å². The Balaban J connectivity index is 1.75. The molecule has 0 saturated carbocycles. The van der Waals surface area contributed by atoms with Gasteiger partial charge in [-0.1, -0.05) is 6.07 Å². The molecule has 1 heterocycles. The van der Waals surface area contributed by atoms with Gasteiger partial charge in [-0.15, -0.1) is 0 Å². The van der Waals surface area contributed by atoms with Crippen LogP contribution in [0.2, 0.25) is 0 Å². The molecule has 28 heavy (non-hydrogen) atoms. The summed E-state index contributed by atoms with van der Waals surface area (Å²) in [5.41, 5.74) is 1.96. The largest absolute Gasteiger partial charge is 0.339 e. The minimum Gasteiger partial charge on any atom is -0.339 e. The standard InChI is InChI=1S/C21H22FN3O3/c1-3-25(4-2)21(28)13-5-8-15(9-6-13)23-20(27)17-12-19(26)24-18-11-14(22)7-10-16(17)18/h5-11,17H,3-4,12H2,1-2H3,(H,23,27)(H,24,26).